The van der Waals surface area contributed by atoms with E-state index in [0.717, 1.165) is 22.3 Å². The van der Waals surface area contributed by atoms with Crippen LogP contribution in [0.25, 0.3) is 11.1 Å². The molecule has 7 heteroatoms. The number of carbonyl (C=O) groups is 3. The summed E-state index contributed by atoms with van der Waals surface area (Å²) in [5.41, 5.74) is 4.47. The minimum absolute atomic E-state index is 0.0130. The SMILES string of the molecule is CCC(=O)C[C@@H](O)C[C@@H](C)C[C@H](NC(=O)OCC1c2ccccc2-c2ccccc21)C(=O)OC. The second-order valence-electron chi connectivity index (χ2n) is 8.87. The Bertz CT molecular complexity index is 974. The van der Waals surface area contributed by atoms with E-state index in [4.69, 9.17) is 9.47 Å². The number of fused-ring (bicyclic) bond motifs is 3. The first-order valence-electron chi connectivity index (χ1n) is 11.7. The number of hydrogen-bond donors (Lipinski definition) is 2. The maximum atomic E-state index is 12.6. The monoisotopic (exact) mass is 467 g/mol. The van der Waals surface area contributed by atoms with E-state index in [1.54, 1.807) is 6.92 Å². The molecular formula is C27H33NO6. The zero-order valence-electron chi connectivity index (χ0n) is 20.0. The minimum Gasteiger partial charge on any atom is -0.467 e. The normalized spacial score (nSPS) is 14.9. The summed E-state index contributed by atoms with van der Waals surface area (Å²) < 4.78 is 10.4. The van der Waals surface area contributed by atoms with E-state index < -0.39 is 24.2 Å². The van der Waals surface area contributed by atoms with Crippen LogP contribution in [0.15, 0.2) is 48.5 Å². The first-order valence-corrected chi connectivity index (χ1v) is 11.7. The van der Waals surface area contributed by atoms with Crippen LogP contribution in [-0.4, -0.2) is 48.8 Å². The van der Waals surface area contributed by atoms with Crippen LogP contribution >= 0.6 is 0 Å². The molecule has 7 nitrogen and oxygen atoms in total. The Hall–Kier alpha value is -3.19. The lowest BCUT2D eigenvalue weighted by atomic mass is 9.93. The number of aliphatic hydroxyl groups excluding tert-OH is 1. The number of benzene rings is 2. The molecular weight excluding hydrogens is 434 g/mol. The Labute approximate surface area is 200 Å². The average molecular weight is 468 g/mol. The Morgan fingerprint density at radius 1 is 1.00 bits per heavy atom. The predicted octanol–water partition coefficient (Wildman–Crippen LogP) is 4.21. The van der Waals surface area contributed by atoms with E-state index in [-0.39, 0.29) is 37.1 Å². The lowest BCUT2D eigenvalue weighted by Gasteiger charge is -2.22. The van der Waals surface area contributed by atoms with Crippen LogP contribution in [0.4, 0.5) is 4.79 Å². The first kappa shape index (κ1) is 25.4. The summed E-state index contributed by atoms with van der Waals surface area (Å²) in [7, 11) is 1.26. The molecule has 0 heterocycles. The van der Waals surface area contributed by atoms with Crippen LogP contribution in [0.1, 0.15) is 56.6 Å². The highest BCUT2D eigenvalue weighted by atomic mass is 16.6. The second-order valence-corrected chi connectivity index (χ2v) is 8.87. The van der Waals surface area contributed by atoms with Gasteiger partial charge in [-0.3, -0.25) is 4.79 Å². The third kappa shape index (κ3) is 6.23. The van der Waals surface area contributed by atoms with Gasteiger partial charge in [-0.25, -0.2) is 9.59 Å². The van der Waals surface area contributed by atoms with Gasteiger partial charge in [0.2, 0.25) is 0 Å². The lowest BCUT2D eigenvalue weighted by molar-refractivity contribution is -0.143. The highest BCUT2D eigenvalue weighted by Gasteiger charge is 2.30. The van der Waals surface area contributed by atoms with Gasteiger partial charge in [-0.2, -0.15) is 0 Å². The molecule has 0 unspecified atom stereocenters. The Kier molecular flexibility index (Phi) is 8.82. The van der Waals surface area contributed by atoms with Crippen LogP contribution in [0, 0.1) is 5.92 Å². The third-order valence-corrected chi connectivity index (χ3v) is 6.29. The smallest absolute Gasteiger partial charge is 0.407 e. The number of nitrogens with one attached hydrogen (secondary N) is 1. The van der Waals surface area contributed by atoms with Crippen molar-refractivity contribution in [1.29, 1.82) is 0 Å². The summed E-state index contributed by atoms with van der Waals surface area (Å²) in [6.45, 7) is 3.75. The van der Waals surface area contributed by atoms with Crippen molar-refractivity contribution in [2.45, 2.75) is 57.6 Å². The summed E-state index contributed by atoms with van der Waals surface area (Å²) in [5, 5.41) is 12.7. The summed E-state index contributed by atoms with van der Waals surface area (Å²) in [6, 6.07) is 15.2. The van der Waals surface area contributed by atoms with E-state index in [1.807, 2.05) is 43.3 Å². The zero-order valence-corrected chi connectivity index (χ0v) is 20.0. The highest BCUT2D eigenvalue weighted by Crippen LogP contribution is 2.44. The van der Waals surface area contributed by atoms with E-state index in [1.165, 1.54) is 7.11 Å². The van der Waals surface area contributed by atoms with Crippen LogP contribution in [0.5, 0.6) is 0 Å². The number of carbonyl (C=O) groups excluding carboxylic acids is 3. The van der Waals surface area contributed by atoms with Gasteiger partial charge in [0.1, 0.15) is 18.4 Å². The van der Waals surface area contributed by atoms with Crippen molar-refractivity contribution < 1.29 is 29.0 Å². The fourth-order valence-corrected chi connectivity index (χ4v) is 4.59. The fourth-order valence-electron chi connectivity index (χ4n) is 4.59. The molecule has 0 saturated heterocycles. The lowest BCUT2D eigenvalue weighted by Crippen LogP contribution is -2.43. The van der Waals surface area contributed by atoms with Crippen LogP contribution in [-0.2, 0) is 19.1 Å². The van der Waals surface area contributed by atoms with Crippen molar-refractivity contribution in [3.05, 3.63) is 59.7 Å². The molecule has 1 aliphatic rings. The fraction of sp³-hybridized carbons (Fsp3) is 0.444. The van der Waals surface area contributed by atoms with Crippen LogP contribution in [0.3, 0.4) is 0 Å². The van der Waals surface area contributed by atoms with Gasteiger partial charge in [0.15, 0.2) is 0 Å². The van der Waals surface area contributed by atoms with Gasteiger partial charge in [0, 0.05) is 18.8 Å². The topological polar surface area (TPSA) is 102 Å². The molecule has 34 heavy (non-hydrogen) atoms. The third-order valence-electron chi connectivity index (χ3n) is 6.29. The Balaban J connectivity index is 1.59. The molecule has 3 atom stereocenters. The molecule has 2 N–H and O–H groups in total. The summed E-state index contributed by atoms with van der Waals surface area (Å²) in [4.78, 5) is 36.4. The van der Waals surface area contributed by atoms with Crippen molar-refractivity contribution in [2.24, 2.45) is 5.92 Å². The second kappa shape index (κ2) is 11.8. The highest BCUT2D eigenvalue weighted by molar-refractivity contribution is 5.82. The standard InChI is InChI=1S/C27H33NO6/c1-4-18(29)15-19(30)13-17(2)14-25(26(31)33-3)28-27(32)34-16-24-22-11-7-5-9-20(22)21-10-6-8-12-23(21)24/h5-12,17,19,24-25,30H,4,13-16H2,1-3H3,(H,28,32)/t17-,19+,25+/m1/s1. The van der Waals surface area contributed by atoms with Gasteiger partial charge in [0.05, 0.1) is 13.2 Å². The summed E-state index contributed by atoms with van der Waals surface area (Å²) in [6.07, 6.45) is -0.426. The van der Waals surface area contributed by atoms with Crippen LogP contribution < -0.4 is 5.32 Å². The number of hydrogen-bond acceptors (Lipinski definition) is 6. The number of ether oxygens (including phenoxy) is 2. The van der Waals surface area contributed by atoms with E-state index in [0.29, 0.717) is 12.8 Å². The molecule has 0 bridgehead atoms. The van der Waals surface area contributed by atoms with Crippen molar-refractivity contribution in [2.75, 3.05) is 13.7 Å². The number of aliphatic hydroxyl groups is 1. The summed E-state index contributed by atoms with van der Waals surface area (Å²) >= 11 is 0. The average Bonchev–Trinajstić information content (AvgIpc) is 3.15. The maximum Gasteiger partial charge on any atom is 0.407 e. The molecule has 1 aliphatic carbocycles. The van der Waals surface area contributed by atoms with Crippen molar-refractivity contribution in [3.63, 3.8) is 0 Å². The van der Waals surface area contributed by atoms with E-state index in [2.05, 4.69) is 17.4 Å². The van der Waals surface area contributed by atoms with Gasteiger partial charge in [-0.05, 0) is 41.0 Å². The molecule has 0 aromatic heterocycles. The van der Waals surface area contributed by atoms with Gasteiger partial charge in [-0.1, -0.05) is 62.4 Å². The zero-order chi connectivity index (χ0) is 24.7. The molecule has 182 valence electrons. The number of methoxy groups -OCH3 is 1. The molecule has 0 saturated carbocycles. The number of Topliss-reactive ketones (excluding diaryl/α,β-unsaturated/α-hetero) is 1. The van der Waals surface area contributed by atoms with Gasteiger partial charge >= 0.3 is 12.1 Å². The van der Waals surface area contributed by atoms with Gasteiger partial charge < -0.3 is 19.9 Å². The van der Waals surface area contributed by atoms with Gasteiger partial charge in [-0.15, -0.1) is 0 Å². The minimum atomic E-state index is -0.912. The molecule has 1 amide bonds. The molecule has 0 fully saturated rings. The van der Waals surface area contributed by atoms with E-state index in [9.17, 15) is 19.5 Å². The molecule has 0 spiro atoms. The number of alkyl carbamates (subject to hydrolysis) is 1. The van der Waals surface area contributed by atoms with E-state index >= 15 is 0 Å². The maximum absolute atomic E-state index is 12.6. The molecule has 0 radical (unpaired) electrons. The number of amides is 1. The number of ketones is 1. The number of rotatable bonds is 11. The predicted molar refractivity (Wildman–Crippen MR) is 128 cm³/mol. The van der Waals surface area contributed by atoms with Crippen molar-refractivity contribution in [3.8, 4) is 11.1 Å². The molecule has 0 aliphatic heterocycles. The first-order chi connectivity index (χ1) is 16.3. The quantitative estimate of drug-likeness (QED) is 0.480. The number of esters is 1. The molecule has 2 aromatic rings. The Morgan fingerprint density at radius 2 is 1.59 bits per heavy atom. The largest absolute Gasteiger partial charge is 0.467 e. The van der Waals surface area contributed by atoms with Crippen molar-refractivity contribution >= 4 is 17.8 Å². The Morgan fingerprint density at radius 3 is 2.15 bits per heavy atom. The molecule has 2 aromatic carbocycles. The van der Waals surface area contributed by atoms with Crippen molar-refractivity contribution in [1.82, 2.24) is 5.32 Å². The van der Waals surface area contributed by atoms with Gasteiger partial charge in [0.25, 0.3) is 0 Å². The molecule has 3 rings (SSSR count). The summed E-state index contributed by atoms with van der Waals surface area (Å²) in [5.74, 6) is -0.807. The van der Waals surface area contributed by atoms with Crippen LogP contribution in [0.2, 0.25) is 0 Å².